The van der Waals surface area contributed by atoms with Crippen molar-refractivity contribution in [2.75, 3.05) is 6.61 Å². The molecule has 0 spiro atoms. The third-order valence-corrected chi connectivity index (χ3v) is 16.6. The van der Waals surface area contributed by atoms with Crippen molar-refractivity contribution in [3.8, 4) is 0 Å². The van der Waals surface area contributed by atoms with Crippen molar-refractivity contribution in [2.24, 2.45) is 62.1 Å². The second kappa shape index (κ2) is 14.0. The molecular weight excluding hydrogens is 652 g/mol. The lowest BCUT2D eigenvalue weighted by atomic mass is 9.31. The van der Waals surface area contributed by atoms with E-state index in [4.69, 9.17) is 4.74 Å². The summed E-state index contributed by atoms with van der Waals surface area (Å²) in [5, 5.41) is 48.3. The molecule has 0 aromatic heterocycles. The van der Waals surface area contributed by atoms with Gasteiger partial charge in [0.25, 0.3) is 0 Å². The van der Waals surface area contributed by atoms with Gasteiger partial charge in [-0.2, -0.15) is 0 Å². The normalized spacial score (nSPS) is 44.2. The minimum atomic E-state index is -1.44. The van der Waals surface area contributed by atoms with Crippen LogP contribution in [0.3, 0.4) is 0 Å². The molecule has 52 heavy (non-hydrogen) atoms. The highest BCUT2D eigenvalue weighted by molar-refractivity contribution is 5.87. The molecule has 7 nitrogen and oxygen atoms in total. The quantitative estimate of drug-likeness (QED) is 0.108. The lowest BCUT2D eigenvalue weighted by molar-refractivity contribution is -0.275. The summed E-state index contributed by atoms with van der Waals surface area (Å²) in [6, 6.07) is 0. The number of carbonyl (C=O) groups excluding carboxylic acids is 2. The Bertz CT molecular complexity index is 1480. The molecule has 0 radical (unpaired) electrons. The molecule has 0 amide bonds. The topological polar surface area (TPSA) is 124 Å². The van der Waals surface area contributed by atoms with Crippen LogP contribution in [-0.4, -0.2) is 63.2 Å². The minimum absolute atomic E-state index is 0.0611. The average molecular weight is 725 g/mol. The van der Waals surface area contributed by atoms with E-state index >= 15 is 0 Å². The Morgan fingerprint density at radius 1 is 0.962 bits per heavy atom. The van der Waals surface area contributed by atoms with Crippen LogP contribution in [0.25, 0.3) is 0 Å². The number of carbonyl (C=O) groups is 2. The van der Waals surface area contributed by atoms with Gasteiger partial charge in [0.05, 0.1) is 30.8 Å². The van der Waals surface area contributed by atoms with Gasteiger partial charge >= 0.3 is 5.97 Å². The van der Waals surface area contributed by atoms with Gasteiger partial charge in [-0.3, -0.25) is 4.79 Å². The first-order chi connectivity index (χ1) is 24.0. The van der Waals surface area contributed by atoms with Crippen LogP contribution in [0, 0.1) is 62.1 Å². The van der Waals surface area contributed by atoms with Crippen LogP contribution in [0.15, 0.2) is 34.9 Å². The van der Waals surface area contributed by atoms with Crippen molar-refractivity contribution in [1.82, 2.24) is 0 Å². The molecule has 5 aliphatic carbocycles. The summed E-state index contributed by atoms with van der Waals surface area (Å²) < 4.78 is 6.36. The summed E-state index contributed by atoms with van der Waals surface area (Å²) in [6.07, 6.45) is 8.87. The van der Waals surface area contributed by atoms with Gasteiger partial charge in [0.1, 0.15) is 11.9 Å². The van der Waals surface area contributed by atoms with Crippen LogP contribution >= 0.6 is 0 Å². The molecule has 0 aromatic rings. The Morgan fingerprint density at radius 3 is 2.21 bits per heavy atom. The van der Waals surface area contributed by atoms with E-state index in [1.165, 1.54) is 11.6 Å². The molecule has 0 saturated heterocycles. The minimum Gasteiger partial charge on any atom is -0.458 e. The molecule has 0 bridgehead atoms. The van der Waals surface area contributed by atoms with E-state index < -0.39 is 64.9 Å². The number of hydrogen-bond donors (Lipinski definition) is 4. The first kappa shape index (κ1) is 41.4. The molecule has 5 aliphatic rings. The SMILES string of the molecule is CCC(C)C(=O)[C@H]1[C@H](OC(=O)/C=C(\C)CCC=C(C)C)C(C)(C)C[C@H]2C3=CC[C@@H]4[C@@]5(C)CC[C@H](O)C(C)(C)[C@@H]5CC[C@@]4(C)[C@]3(C)[C@@H](O)[C@@H](O)[C@]21CO. The van der Waals surface area contributed by atoms with Crippen molar-refractivity contribution < 1.29 is 34.8 Å². The largest absolute Gasteiger partial charge is 0.458 e. The van der Waals surface area contributed by atoms with Crippen LogP contribution in [0.1, 0.15) is 141 Å². The summed E-state index contributed by atoms with van der Waals surface area (Å²) in [6.45, 7) is 24.7. The molecule has 0 aliphatic heterocycles. The molecule has 4 saturated carbocycles. The van der Waals surface area contributed by atoms with Gasteiger partial charge in [0.15, 0.2) is 0 Å². The number of ether oxygens (including phenoxy) is 1. The lowest BCUT2D eigenvalue weighted by Gasteiger charge is -2.73. The van der Waals surface area contributed by atoms with E-state index in [1.807, 2.05) is 34.6 Å². The van der Waals surface area contributed by atoms with Crippen molar-refractivity contribution >= 4 is 11.8 Å². The number of esters is 1. The number of fused-ring (bicyclic) bond motifs is 7. The van der Waals surface area contributed by atoms with Gasteiger partial charge < -0.3 is 25.2 Å². The summed E-state index contributed by atoms with van der Waals surface area (Å²) in [7, 11) is 0. The second-order valence-corrected chi connectivity index (χ2v) is 20.3. The molecule has 1 unspecified atom stereocenters. The number of aliphatic hydroxyl groups excluding tert-OH is 4. The molecule has 13 atom stereocenters. The Hall–Kier alpha value is -1.80. The summed E-state index contributed by atoms with van der Waals surface area (Å²) in [4.78, 5) is 28.4. The highest BCUT2D eigenvalue weighted by atomic mass is 16.5. The van der Waals surface area contributed by atoms with Gasteiger partial charge in [-0.15, -0.1) is 0 Å². The molecule has 294 valence electrons. The number of aliphatic hydroxyl groups is 4. The third kappa shape index (κ3) is 5.96. The smallest absolute Gasteiger partial charge is 0.331 e. The van der Waals surface area contributed by atoms with Crippen LogP contribution in [0.2, 0.25) is 0 Å². The molecular formula is C45H72O7. The number of ketones is 1. The fourth-order valence-electron chi connectivity index (χ4n) is 13.1. The maximum absolute atomic E-state index is 14.8. The third-order valence-electron chi connectivity index (χ3n) is 16.6. The maximum atomic E-state index is 14.8. The van der Waals surface area contributed by atoms with Crippen LogP contribution < -0.4 is 0 Å². The lowest BCUT2D eigenvalue weighted by Crippen LogP contribution is -2.75. The van der Waals surface area contributed by atoms with Gasteiger partial charge in [0, 0.05) is 28.2 Å². The monoisotopic (exact) mass is 725 g/mol. The summed E-state index contributed by atoms with van der Waals surface area (Å²) in [5.41, 5.74) is -0.440. The zero-order chi connectivity index (χ0) is 39.0. The number of Topliss-reactive ketones (excluding diaryl/α,β-unsaturated/α-hetero) is 1. The molecule has 5 rings (SSSR count). The molecule has 7 heteroatoms. The molecule has 0 heterocycles. The maximum Gasteiger partial charge on any atom is 0.331 e. The predicted molar refractivity (Wildman–Crippen MR) is 206 cm³/mol. The van der Waals surface area contributed by atoms with Crippen molar-refractivity contribution in [1.29, 1.82) is 0 Å². The first-order valence-electron chi connectivity index (χ1n) is 20.4. The number of hydrogen-bond acceptors (Lipinski definition) is 7. The highest BCUT2D eigenvalue weighted by Crippen LogP contribution is 2.76. The Kier molecular flexibility index (Phi) is 11.2. The fraction of sp³-hybridized carbons (Fsp3) is 0.822. The zero-order valence-electron chi connectivity index (χ0n) is 34.5. The predicted octanol–water partition coefficient (Wildman–Crippen LogP) is 8.14. The number of rotatable bonds is 9. The van der Waals surface area contributed by atoms with E-state index in [1.54, 1.807) is 0 Å². The van der Waals surface area contributed by atoms with Gasteiger partial charge in [-0.1, -0.05) is 91.2 Å². The van der Waals surface area contributed by atoms with Gasteiger partial charge in [-0.25, -0.2) is 4.79 Å². The van der Waals surface area contributed by atoms with Crippen LogP contribution in [0.4, 0.5) is 0 Å². The van der Waals surface area contributed by atoms with Crippen molar-refractivity contribution in [2.45, 2.75) is 165 Å². The summed E-state index contributed by atoms with van der Waals surface area (Å²) >= 11 is 0. The van der Waals surface area contributed by atoms with Crippen LogP contribution in [0.5, 0.6) is 0 Å². The number of allylic oxidation sites excluding steroid dienone is 4. The van der Waals surface area contributed by atoms with Crippen LogP contribution in [-0.2, 0) is 14.3 Å². The van der Waals surface area contributed by atoms with Gasteiger partial charge in [-0.05, 0) is 113 Å². The van der Waals surface area contributed by atoms with E-state index in [2.05, 4.69) is 60.6 Å². The zero-order valence-corrected chi connectivity index (χ0v) is 34.5. The van der Waals surface area contributed by atoms with E-state index in [-0.39, 0.29) is 34.1 Å². The molecule has 4 N–H and O–H groups in total. The Balaban J connectivity index is 1.62. The Labute approximate surface area is 314 Å². The fourth-order valence-corrected chi connectivity index (χ4v) is 13.1. The highest BCUT2D eigenvalue weighted by Gasteiger charge is 2.76. The Morgan fingerprint density at radius 2 is 1.62 bits per heavy atom. The average Bonchev–Trinajstić information content (AvgIpc) is 3.05. The molecule has 0 aromatic carbocycles. The van der Waals surface area contributed by atoms with Crippen molar-refractivity contribution in [3.63, 3.8) is 0 Å². The first-order valence-corrected chi connectivity index (χ1v) is 20.4. The van der Waals surface area contributed by atoms with E-state index in [0.29, 0.717) is 25.2 Å². The molecule has 4 fully saturated rings. The second-order valence-electron chi connectivity index (χ2n) is 20.3. The van der Waals surface area contributed by atoms with E-state index in [0.717, 1.165) is 49.7 Å². The van der Waals surface area contributed by atoms with Gasteiger partial charge in [0.2, 0.25) is 0 Å². The standard InChI is InChI=1S/C45H72O7/c1-13-28(5)36(49)35-39(52-34(48)23-27(4)16-14-15-26(2)3)40(6,7)24-30-29-17-18-32-42(10)21-20-33(47)41(8,9)31(42)19-22-43(32,11)44(29,12)37(50)38(51)45(30,35)25-46/h15,17,23,28,30-33,35,37-39,46-47,50-51H,13-14,16,18-22,24-25H2,1-12H3/b27-23+/t28?,30-,31-,32+,33-,35-,37-,38+,39-,42-,43+,44-,45+/m0/s1. The van der Waals surface area contributed by atoms with E-state index in [9.17, 15) is 30.0 Å². The summed E-state index contributed by atoms with van der Waals surface area (Å²) in [5.74, 6) is -1.92. The van der Waals surface area contributed by atoms with Crippen molar-refractivity contribution in [3.05, 3.63) is 34.9 Å².